The maximum absolute atomic E-state index is 11.4. The average molecular weight is 386 g/mol. The van der Waals surface area contributed by atoms with Gasteiger partial charge in [0.2, 0.25) is 5.28 Å². The third kappa shape index (κ3) is 2.99. The summed E-state index contributed by atoms with van der Waals surface area (Å²) < 4.78 is 27.7. The topological polar surface area (TPSA) is 158 Å². The third-order valence-electron chi connectivity index (χ3n) is 3.65. The molecule has 0 aromatic carbocycles. The fourth-order valence-electron chi connectivity index (χ4n) is 2.65. The molecule has 2 aliphatic heterocycles. The van der Waals surface area contributed by atoms with Crippen molar-refractivity contribution in [1.82, 2.24) is 19.5 Å². The summed E-state index contributed by atoms with van der Waals surface area (Å²) in [6, 6.07) is 0. The van der Waals surface area contributed by atoms with E-state index in [9.17, 15) is 14.6 Å². The fraction of sp³-hybridized carbons (Fsp3) is 0.500. The van der Waals surface area contributed by atoms with Gasteiger partial charge in [0.25, 0.3) is 7.82 Å². The number of hydrogen-bond acceptors (Lipinski definition) is 10. The Morgan fingerprint density at radius 3 is 3.00 bits per heavy atom. The maximum atomic E-state index is 11.4. The van der Waals surface area contributed by atoms with Crippen LogP contribution in [0.15, 0.2) is 6.33 Å². The predicted octanol–water partition coefficient (Wildman–Crippen LogP) is -3.79. The van der Waals surface area contributed by atoms with E-state index >= 15 is 0 Å². The number of fused-ring (bicyclic) bond motifs is 2. The second kappa shape index (κ2) is 6.44. The largest absolute Gasteiger partial charge is 1.00 e. The first kappa shape index (κ1) is 18.5. The molecule has 0 saturated carbocycles. The van der Waals surface area contributed by atoms with Crippen molar-refractivity contribution in [3.8, 4) is 0 Å². The summed E-state index contributed by atoms with van der Waals surface area (Å²) in [5.74, 6) is 0.0762. The van der Waals surface area contributed by atoms with Crippen LogP contribution in [0.2, 0.25) is 5.28 Å². The molecule has 2 aromatic rings. The molecule has 124 valence electrons. The number of hydrogen-bond donors (Lipinski definition) is 2. The molecule has 4 rings (SSSR count). The summed E-state index contributed by atoms with van der Waals surface area (Å²) in [4.78, 5) is 23.2. The van der Waals surface area contributed by atoms with Gasteiger partial charge in [-0.25, -0.2) is 4.98 Å². The summed E-state index contributed by atoms with van der Waals surface area (Å²) in [5.41, 5.74) is 6.25. The van der Waals surface area contributed by atoms with Gasteiger partial charge in [0.1, 0.15) is 23.8 Å². The molecule has 5 atom stereocenters. The molecule has 2 aliphatic rings. The van der Waals surface area contributed by atoms with Gasteiger partial charge in [-0.2, -0.15) is 9.97 Å². The van der Waals surface area contributed by atoms with Crippen LogP contribution in [0.1, 0.15) is 6.23 Å². The number of nitrogens with two attached hydrogens (primary N) is 1. The minimum Gasteiger partial charge on any atom is -0.756 e. The van der Waals surface area contributed by atoms with E-state index in [4.69, 9.17) is 26.6 Å². The molecule has 14 heteroatoms. The van der Waals surface area contributed by atoms with Crippen molar-refractivity contribution in [3.63, 3.8) is 0 Å². The molecule has 2 saturated heterocycles. The molecule has 0 amide bonds. The molecule has 0 radical (unpaired) electrons. The SMILES string of the molecule is Nc1nc(Cl)nc2c1ncn2[C@@H]1O[C@@H]2COP(=O)([O-])O[C@H]2[C@H]1O.[Na+]. The number of rotatable bonds is 1. The number of aliphatic hydroxyl groups is 1. The summed E-state index contributed by atoms with van der Waals surface area (Å²) in [7, 11) is -4.44. The van der Waals surface area contributed by atoms with Crippen molar-refractivity contribution in [1.29, 1.82) is 0 Å². The zero-order valence-corrected chi connectivity index (χ0v) is 15.9. The number of phosphoric acid groups is 1. The molecular weight excluding hydrogens is 376 g/mol. The van der Waals surface area contributed by atoms with Crippen molar-refractivity contribution in [2.45, 2.75) is 24.5 Å². The number of ether oxygens (including phenoxy) is 1. The summed E-state index contributed by atoms with van der Waals surface area (Å²) in [6.45, 7) is -0.247. The Hall–Kier alpha value is -0.330. The van der Waals surface area contributed by atoms with E-state index in [0.29, 0.717) is 0 Å². The molecule has 1 unspecified atom stereocenters. The minimum atomic E-state index is -4.44. The molecule has 2 fully saturated rings. The monoisotopic (exact) mass is 385 g/mol. The van der Waals surface area contributed by atoms with Crippen LogP contribution in [0.3, 0.4) is 0 Å². The first-order valence-corrected chi connectivity index (χ1v) is 8.32. The normalized spacial score (nSPS) is 35.6. The Morgan fingerprint density at radius 1 is 1.50 bits per heavy atom. The van der Waals surface area contributed by atoms with Gasteiger partial charge in [0, 0.05) is 0 Å². The van der Waals surface area contributed by atoms with Crippen LogP contribution >= 0.6 is 19.4 Å². The Morgan fingerprint density at radius 2 is 2.25 bits per heavy atom. The molecule has 2 aromatic heterocycles. The number of aromatic nitrogens is 4. The average Bonchev–Trinajstić information content (AvgIpc) is 3.00. The van der Waals surface area contributed by atoms with Crippen LogP contribution in [-0.2, 0) is 18.3 Å². The molecule has 0 spiro atoms. The second-order valence-electron chi connectivity index (χ2n) is 5.07. The summed E-state index contributed by atoms with van der Waals surface area (Å²) in [5, 5.41) is 10.3. The van der Waals surface area contributed by atoms with Crippen molar-refractivity contribution >= 4 is 36.4 Å². The zero-order valence-electron chi connectivity index (χ0n) is 12.3. The molecule has 24 heavy (non-hydrogen) atoms. The Kier molecular flexibility index (Phi) is 4.95. The summed E-state index contributed by atoms with van der Waals surface area (Å²) in [6.07, 6.45) is -2.75. The van der Waals surface area contributed by atoms with E-state index in [1.807, 2.05) is 0 Å². The van der Waals surface area contributed by atoms with Crippen molar-refractivity contribution in [3.05, 3.63) is 11.6 Å². The molecule has 0 aliphatic carbocycles. The zero-order chi connectivity index (χ0) is 16.4. The molecule has 0 bridgehead atoms. The van der Waals surface area contributed by atoms with Gasteiger partial charge in [-0.3, -0.25) is 9.13 Å². The first-order valence-electron chi connectivity index (χ1n) is 6.49. The number of nitrogens with zero attached hydrogens (tertiary/aromatic N) is 4. The number of halogens is 1. The van der Waals surface area contributed by atoms with E-state index in [2.05, 4.69) is 19.5 Å². The van der Waals surface area contributed by atoms with Gasteiger partial charge in [-0.1, -0.05) is 0 Å². The maximum Gasteiger partial charge on any atom is 1.00 e. The third-order valence-corrected chi connectivity index (χ3v) is 4.79. The molecular formula is C10H10ClN5NaO6P. The van der Waals surface area contributed by atoms with E-state index < -0.39 is 32.4 Å². The number of anilines is 1. The van der Waals surface area contributed by atoms with Crippen LogP contribution < -0.4 is 40.2 Å². The molecule has 4 heterocycles. The summed E-state index contributed by atoms with van der Waals surface area (Å²) >= 11 is 5.79. The van der Waals surface area contributed by atoms with Gasteiger partial charge in [-0.05, 0) is 11.6 Å². The van der Waals surface area contributed by atoms with Gasteiger partial charge >= 0.3 is 29.6 Å². The van der Waals surface area contributed by atoms with E-state index in [1.165, 1.54) is 10.9 Å². The quantitative estimate of drug-likeness (QED) is 0.283. The van der Waals surface area contributed by atoms with Gasteiger partial charge in [0.15, 0.2) is 17.7 Å². The Balaban J connectivity index is 0.00000169. The standard InChI is InChI=1S/C10H11ClN5O6P.Na/c11-10-14-7(12)4-8(15-10)16(2-13-4)9-5(17)6-3(21-9)1-20-23(18,19)22-6;/h2-3,5-6,9,17H,1H2,(H,18,19)(H2,12,14,15);/q;+1/p-1/t3-,5-,6-,9-;/m1./s1. The number of nitrogen functional groups attached to an aromatic ring is 1. The van der Waals surface area contributed by atoms with Crippen LogP contribution in [0, 0.1) is 0 Å². The Labute approximate surface area is 162 Å². The van der Waals surface area contributed by atoms with Gasteiger partial charge in [-0.15, -0.1) is 0 Å². The number of aliphatic hydroxyl groups excluding tert-OH is 1. The fourth-order valence-corrected chi connectivity index (χ4v) is 3.77. The van der Waals surface area contributed by atoms with Crippen LogP contribution in [0.5, 0.6) is 0 Å². The molecule has 3 N–H and O–H groups in total. The smallest absolute Gasteiger partial charge is 0.756 e. The van der Waals surface area contributed by atoms with Crippen LogP contribution in [0.4, 0.5) is 5.82 Å². The predicted molar refractivity (Wildman–Crippen MR) is 73.1 cm³/mol. The molecule has 11 nitrogen and oxygen atoms in total. The van der Waals surface area contributed by atoms with E-state index in [1.54, 1.807) is 0 Å². The van der Waals surface area contributed by atoms with Crippen molar-refractivity contribution < 1.29 is 57.9 Å². The van der Waals surface area contributed by atoms with E-state index in [0.717, 1.165) is 0 Å². The number of imidazole rings is 1. The van der Waals surface area contributed by atoms with Crippen LogP contribution in [0.25, 0.3) is 11.2 Å². The van der Waals surface area contributed by atoms with Gasteiger partial charge in [0.05, 0.1) is 12.9 Å². The van der Waals surface area contributed by atoms with Crippen molar-refractivity contribution in [2.24, 2.45) is 0 Å². The second-order valence-corrected chi connectivity index (χ2v) is 6.77. The number of phosphoric ester groups is 1. The first-order chi connectivity index (χ1) is 10.9. The minimum absolute atomic E-state index is 0. The van der Waals surface area contributed by atoms with Gasteiger partial charge < -0.3 is 29.5 Å². The Bertz CT molecular complexity index is 837. The van der Waals surface area contributed by atoms with Crippen LogP contribution in [-0.4, -0.2) is 49.5 Å². The van der Waals surface area contributed by atoms with E-state index in [-0.39, 0.29) is 58.4 Å². The van der Waals surface area contributed by atoms with Crippen molar-refractivity contribution in [2.75, 3.05) is 12.3 Å².